The standard InChI is InChI=1S/C15H22O3/c16-13-8-4-3-7-12(13)15-14(17-9-10-18-15)11-5-1-2-6-11/h12,15H,1-10H2. The van der Waals surface area contributed by atoms with Crippen molar-refractivity contribution in [2.45, 2.75) is 57.5 Å². The highest BCUT2D eigenvalue weighted by molar-refractivity contribution is 5.82. The highest BCUT2D eigenvalue weighted by Crippen LogP contribution is 2.36. The fourth-order valence-electron chi connectivity index (χ4n) is 3.46. The number of ether oxygens (including phenoxy) is 2. The van der Waals surface area contributed by atoms with Crippen LogP contribution >= 0.6 is 0 Å². The lowest BCUT2D eigenvalue weighted by molar-refractivity contribution is -0.135. The monoisotopic (exact) mass is 250 g/mol. The third-order valence-corrected chi connectivity index (χ3v) is 4.42. The normalized spacial score (nSPS) is 33.7. The van der Waals surface area contributed by atoms with Crippen molar-refractivity contribution in [2.75, 3.05) is 13.2 Å². The van der Waals surface area contributed by atoms with Gasteiger partial charge < -0.3 is 9.47 Å². The Morgan fingerprint density at radius 2 is 1.72 bits per heavy atom. The number of allylic oxidation sites excluding steroid dienone is 1. The summed E-state index contributed by atoms with van der Waals surface area (Å²) in [5.41, 5.74) is 1.41. The van der Waals surface area contributed by atoms with Gasteiger partial charge in [-0.3, -0.25) is 4.79 Å². The molecule has 2 unspecified atom stereocenters. The Morgan fingerprint density at radius 1 is 0.944 bits per heavy atom. The van der Waals surface area contributed by atoms with Gasteiger partial charge in [-0.15, -0.1) is 0 Å². The molecule has 0 N–H and O–H groups in total. The molecule has 0 spiro atoms. The number of hydrogen-bond acceptors (Lipinski definition) is 3. The van der Waals surface area contributed by atoms with Crippen molar-refractivity contribution < 1.29 is 14.3 Å². The molecule has 1 aliphatic heterocycles. The number of Topliss-reactive ketones (excluding diaryl/α,β-unsaturated/α-hetero) is 1. The molecule has 0 aromatic rings. The molecule has 3 fully saturated rings. The van der Waals surface area contributed by atoms with Crippen LogP contribution in [0.25, 0.3) is 0 Å². The SMILES string of the molecule is O=C1CCCCC1C1OCCOC1=C1CCCC1. The number of rotatable bonds is 1. The highest BCUT2D eigenvalue weighted by Gasteiger charge is 2.37. The van der Waals surface area contributed by atoms with Crippen molar-refractivity contribution in [1.29, 1.82) is 0 Å². The van der Waals surface area contributed by atoms with Gasteiger partial charge in [0.15, 0.2) is 0 Å². The fourth-order valence-corrected chi connectivity index (χ4v) is 3.46. The van der Waals surface area contributed by atoms with Gasteiger partial charge in [-0.1, -0.05) is 6.42 Å². The fraction of sp³-hybridized carbons (Fsp3) is 0.800. The summed E-state index contributed by atoms with van der Waals surface area (Å²) < 4.78 is 11.8. The van der Waals surface area contributed by atoms with E-state index in [4.69, 9.17) is 9.47 Å². The van der Waals surface area contributed by atoms with E-state index in [1.807, 2.05) is 0 Å². The minimum Gasteiger partial charge on any atom is -0.493 e. The summed E-state index contributed by atoms with van der Waals surface area (Å²) in [7, 11) is 0. The minimum atomic E-state index is -0.0698. The summed E-state index contributed by atoms with van der Waals surface area (Å²) >= 11 is 0. The van der Waals surface area contributed by atoms with Crippen molar-refractivity contribution in [1.82, 2.24) is 0 Å². The van der Waals surface area contributed by atoms with Crippen molar-refractivity contribution in [2.24, 2.45) is 5.92 Å². The Kier molecular flexibility index (Phi) is 3.69. The number of ketones is 1. The van der Waals surface area contributed by atoms with Gasteiger partial charge in [0.25, 0.3) is 0 Å². The van der Waals surface area contributed by atoms with Gasteiger partial charge in [-0.25, -0.2) is 0 Å². The predicted octanol–water partition coefficient (Wildman–Crippen LogP) is 2.99. The van der Waals surface area contributed by atoms with Crippen LogP contribution in [0.15, 0.2) is 11.3 Å². The van der Waals surface area contributed by atoms with Crippen LogP contribution in [0.2, 0.25) is 0 Å². The maximum atomic E-state index is 12.1. The van der Waals surface area contributed by atoms with E-state index in [1.54, 1.807) is 0 Å². The molecule has 3 rings (SSSR count). The molecule has 0 aromatic carbocycles. The van der Waals surface area contributed by atoms with Crippen LogP contribution in [0.3, 0.4) is 0 Å². The van der Waals surface area contributed by atoms with Gasteiger partial charge in [-0.05, 0) is 44.1 Å². The third kappa shape index (κ3) is 2.33. The smallest absolute Gasteiger partial charge is 0.139 e. The Balaban J connectivity index is 1.82. The average Bonchev–Trinajstić information content (AvgIpc) is 2.93. The number of carbonyl (C=O) groups excluding carboxylic acids is 1. The third-order valence-electron chi connectivity index (χ3n) is 4.42. The summed E-state index contributed by atoms with van der Waals surface area (Å²) in [4.78, 5) is 12.1. The lowest BCUT2D eigenvalue weighted by Gasteiger charge is -2.34. The van der Waals surface area contributed by atoms with Crippen molar-refractivity contribution >= 4 is 5.78 Å². The van der Waals surface area contributed by atoms with Crippen LogP contribution in [-0.2, 0) is 14.3 Å². The van der Waals surface area contributed by atoms with E-state index in [2.05, 4.69) is 0 Å². The van der Waals surface area contributed by atoms with Gasteiger partial charge in [0, 0.05) is 6.42 Å². The van der Waals surface area contributed by atoms with Crippen molar-refractivity contribution in [3.05, 3.63) is 11.3 Å². The van der Waals surface area contributed by atoms with Crippen LogP contribution in [0.4, 0.5) is 0 Å². The van der Waals surface area contributed by atoms with Crippen LogP contribution in [-0.4, -0.2) is 25.1 Å². The Bertz CT molecular complexity index is 351. The van der Waals surface area contributed by atoms with E-state index in [0.717, 1.165) is 44.3 Å². The molecule has 2 atom stereocenters. The summed E-state index contributed by atoms with van der Waals surface area (Å²) in [5.74, 6) is 1.47. The minimum absolute atomic E-state index is 0.0575. The molecule has 3 aliphatic rings. The first kappa shape index (κ1) is 12.2. The van der Waals surface area contributed by atoms with Gasteiger partial charge >= 0.3 is 0 Å². The largest absolute Gasteiger partial charge is 0.493 e. The molecule has 2 saturated carbocycles. The van der Waals surface area contributed by atoms with E-state index >= 15 is 0 Å². The first-order valence-corrected chi connectivity index (χ1v) is 7.35. The Labute approximate surface area is 109 Å². The lowest BCUT2D eigenvalue weighted by Crippen LogP contribution is -2.39. The van der Waals surface area contributed by atoms with E-state index in [-0.39, 0.29) is 12.0 Å². The van der Waals surface area contributed by atoms with Crippen LogP contribution in [0.5, 0.6) is 0 Å². The van der Waals surface area contributed by atoms with Crippen LogP contribution in [0.1, 0.15) is 51.4 Å². The lowest BCUT2D eigenvalue weighted by atomic mass is 9.82. The van der Waals surface area contributed by atoms with Gasteiger partial charge in [0.05, 0.1) is 12.5 Å². The molecule has 2 aliphatic carbocycles. The Morgan fingerprint density at radius 3 is 2.50 bits per heavy atom. The number of carbonyl (C=O) groups is 1. The second-order valence-corrected chi connectivity index (χ2v) is 5.63. The summed E-state index contributed by atoms with van der Waals surface area (Å²) in [5, 5.41) is 0. The topological polar surface area (TPSA) is 35.5 Å². The van der Waals surface area contributed by atoms with Gasteiger partial charge in [0.2, 0.25) is 0 Å². The molecular weight excluding hydrogens is 228 g/mol. The van der Waals surface area contributed by atoms with Crippen molar-refractivity contribution in [3.8, 4) is 0 Å². The molecule has 0 bridgehead atoms. The quantitative estimate of drug-likeness (QED) is 0.717. The highest BCUT2D eigenvalue weighted by atomic mass is 16.6. The molecule has 3 nitrogen and oxygen atoms in total. The molecule has 0 aromatic heterocycles. The maximum absolute atomic E-state index is 12.1. The first-order valence-electron chi connectivity index (χ1n) is 7.35. The van der Waals surface area contributed by atoms with Gasteiger partial charge in [-0.2, -0.15) is 0 Å². The second kappa shape index (κ2) is 5.43. The number of hydrogen-bond donors (Lipinski definition) is 0. The Hall–Kier alpha value is -0.830. The second-order valence-electron chi connectivity index (χ2n) is 5.63. The molecular formula is C15H22O3. The summed E-state index contributed by atoms with van der Waals surface area (Å²) in [6.07, 6.45) is 8.62. The summed E-state index contributed by atoms with van der Waals surface area (Å²) in [6, 6.07) is 0. The molecule has 100 valence electrons. The summed E-state index contributed by atoms with van der Waals surface area (Å²) in [6.45, 7) is 1.28. The average molecular weight is 250 g/mol. The molecule has 0 amide bonds. The molecule has 18 heavy (non-hydrogen) atoms. The van der Waals surface area contributed by atoms with Crippen LogP contribution in [0, 0.1) is 5.92 Å². The molecule has 1 heterocycles. The van der Waals surface area contributed by atoms with E-state index in [1.165, 1.54) is 18.4 Å². The molecule has 3 heteroatoms. The van der Waals surface area contributed by atoms with E-state index < -0.39 is 0 Å². The van der Waals surface area contributed by atoms with Gasteiger partial charge in [0.1, 0.15) is 24.3 Å². The zero-order valence-corrected chi connectivity index (χ0v) is 11.0. The van der Waals surface area contributed by atoms with E-state index in [0.29, 0.717) is 19.0 Å². The van der Waals surface area contributed by atoms with E-state index in [9.17, 15) is 4.79 Å². The zero-order chi connectivity index (χ0) is 12.4. The zero-order valence-electron chi connectivity index (χ0n) is 11.0. The van der Waals surface area contributed by atoms with Crippen LogP contribution < -0.4 is 0 Å². The molecule has 0 radical (unpaired) electrons. The molecule has 1 saturated heterocycles. The van der Waals surface area contributed by atoms with Crippen molar-refractivity contribution in [3.63, 3.8) is 0 Å². The first-order chi connectivity index (χ1) is 8.86. The predicted molar refractivity (Wildman–Crippen MR) is 68.2 cm³/mol. The maximum Gasteiger partial charge on any atom is 0.139 e.